The van der Waals surface area contributed by atoms with Gasteiger partial charge in [-0.25, -0.2) is 9.78 Å². The number of hydrogen-bond donors (Lipinski definition) is 0. The second kappa shape index (κ2) is 8.28. The highest BCUT2D eigenvalue weighted by Crippen LogP contribution is 2.19. The Kier molecular flexibility index (Phi) is 5.39. The summed E-state index contributed by atoms with van der Waals surface area (Å²) in [7, 11) is 0. The van der Waals surface area contributed by atoms with Crippen LogP contribution in [0, 0.1) is 0 Å². The predicted molar refractivity (Wildman–Crippen MR) is 108 cm³/mol. The first-order valence-electron chi connectivity index (χ1n) is 9.03. The Morgan fingerprint density at radius 1 is 1.21 bits per heavy atom. The van der Waals surface area contributed by atoms with Crippen LogP contribution in [-0.2, 0) is 22.6 Å². The van der Waals surface area contributed by atoms with E-state index in [0.29, 0.717) is 22.3 Å². The fourth-order valence-corrected chi connectivity index (χ4v) is 3.02. The molecule has 0 aliphatic carbocycles. The third-order valence-electron chi connectivity index (χ3n) is 4.33. The molecule has 0 radical (unpaired) electrons. The van der Waals surface area contributed by atoms with Gasteiger partial charge in [0.2, 0.25) is 5.82 Å². The van der Waals surface area contributed by atoms with Gasteiger partial charge in [0, 0.05) is 17.8 Å². The van der Waals surface area contributed by atoms with Gasteiger partial charge in [-0.05, 0) is 30.2 Å². The minimum atomic E-state index is -0.556. The van der Waals surface area contributed by atoms with Crippen LogP contribution in [0.3, 0.4) is 0 Å². The number of aromatic nitrogens is 4. The number of fused-ring (bicyclic) bond motifs is 1. The molecule has 3 aromatic heterocycles. The van der Waals surface area contributed by atoms with E-state index in [1.807, 2.05) is 48.7 Å². The Hall–Kier alpha value is -3.45. The SMILES string of the molecule is CCc1ccc(-c2noc(COC(=O)/C=C/c3c(Cl)nc4ccccn34)n2)cc1. The van der Waals surface area contributed by atoms with Crippen LogP contribution < -0.4 is 0 Å². The number of carbonyl (C=O) groups is 1. The Morgan fingerprint density at radius 3 is 2.83 bits per heavy atom. The molecule has 4 rings (SSSR count). The first-order valence-corrected chi connectivity index (χ1v) is 9.41. The first kappa shape index (κ1) is 18.9. The summed E-state index contributed by atoms with van der Waals surface area (Å²) < 4.78 is 12.1. The van der Waals surface area contributed by atoms with E-state index in [4.69, 9.17) is 20.9 Å². The third-order valence-corrected chi connectivity index (χ3v) is 4.60. The number of halogens is 1. The standard InChI is InChI=1S/C21H17ClN4O3/c1-2-14-6-8-15(9-7-14)21-24-18(29-25-21)13-28-19(27)11-10-16-20(22)23-17-5-3-4-12-26(16)17/h3-12H,2,13H2,1H3/b11-10+. The number of imidazole rings is 1. The fraction of sp³-hybridized carbons (Fsp3) is 0.143. The number of hydrogen-bond acceptors (Lipinski definition) is 6. The molecule has 0 saturated carbocycles. The summed E-state index contributed by atoms with van der Waals surface area (Å²) in [5.41, 5.74) is 3.35. The molecule has 1 aromatic carbocycles. The van der Waals surface area contributed by atoms with Crippen molar-refractivity contribution in [3.05, 3.63) is 77.0 Å². The molecule has 7 nitrogen and oxygen atoms in total. The van der Waals surface area contributed by atoms with Crippen molar-refractivity contribution in [1.82, 2.24) is 19.5 Å². The molecule has 0 aliphatic rings. The molecule has 0 amide bonds. The molecule has 0 N–H and O–H groups in total. The van der Waals surface area contributed by atoms with E-state index in [2.05, 4.69) is 22.0 Å². The van der Waals surface area contributed by atoms with Crippen molar-refractivity contribution in [3.63, 3.8) is 0 Å². The van der Waals surface area contributed by atoms with Crippen molar-refractivity contribution in [2.45, 2.75) is 20.0 Å². The summed E-state index contributed by atoms with van der Waals surface area (Å²) in [5, 5.41) is 4.23. The molecule has 0 aliphatic heterocycles. The molecule has 146 valence electrons. The molecule has 0 atom stereocenters. The van der Waals surface area contributed by atoms with Crippen LogP contribution in [0.5, 0.6) is 0 Å². The maximum Gasteiger partial charge on any atom is 0.331 e. The quantitative estimate of drug-likeness (QED) is 0.348. The van der Waals surface area contributed by atoms with Crippen LogP contribution in [0.15, 0.2) is 59.3 Å². The summed E-state index contributed by atoms with van der Waals surface area (Å²) >= 11 is 6.14. The molecule has 3 heterocycles. The van der Waals surface area contributed by atoms with Crippen molar-refractivity contribution in [2.24, 2.45) is 0 Å². The van der Waals surface area contributed by atoms with Crippen LogP contribution in [0.2, 0.25) is 5.15 Å². The molecule has 0 saturated heterocycles. The Bertz CT molecular complexity index is 1180. The number of nitrogens with zero attached hydrogens (tertiary/aromatic N) is 4. The zero-order chi connectivity index (χ0) is 20.2. The Labute approximate surface area is 171 Å². The van der Waals surface area contributed by atoms with Crippen LogP contribution in [0.1, 0.15) is 24.1 Å². The van der Waals surface area contributed by atoms with Gasteiger partial charge < -0.3 is 9.26 Å². The Balaban J connectivity index is 1.39. The van der Waals surface area contributed by atoms with Crippen LogP contribution >= 0.6 is 11.6 Å². The lowest BCUT2D eigenvalue weighted by Crippen LogP contribution is -2.01. The van der Waals surface area contributed by atoms with Crippen molar-refractivity contribution in [2.75, 3.05) is 0 Å². The largest absolute Gasteiger partial charge is 0.452 e. The van der Waals surface area contributed by atoms with Gasteiger partial charge in [-0.15, -0.1) is 0 Å². The number of esters is 1. The Morgan fingerprint density at radius 2 is 2.03 bits per heavy atom. The zero-order valence-corrected chi connectivity index (χ0v) is 16.3. The molecular formula is C21H17ClN4O3. The maximum atomic E-state index is 12.0. The first-order chi connectivity index (χ1) is 14.1. The summed E-state index contributed by atoms with van der Waals surface area (Å²) in [5.74, 6) is 0.111. The summed E-state index contributed by atoms with van der Waals surface area (Å²) in [6.45, 7) is 1.97. The van der Waals surface area contributed by atoms with Gasteiger partial charge in [-0.2, -0.15) is 4.98 Å². The highest BCUT2D eigenvalue weighted by atomic mass is 35.5. The van der Waals surface area contributed by atoms with E-state index in [9.17, 15) is 4.79 Å². The normalized spacial score (nSPS) is 11.4. The minimum Gasteiger partial charge on any atom is -0.452 e. The van der Waals surface area contributed by atoms with Gasteiger partial charge >= 0.3 is 5.97 Å². The molecule has 0 unspecified atom stereocenters. The zero-order valence-electron chi connectivity index (χ0n) is 15.6. The molecule has 8 heteroatoms. The van der Waals surface area contributed by atoms with Crippen molar-refractivity contribution < 1.29 is 14.1 Å². The summed E-state index contributed by atoms with van der Waals surface area (Å²) in [4.78, 5) is 20.5. The lowest BCUT2D eigenvalue weighted by molar-refractivity contribution is -0.139. The number of ether oxygens (including phenoxy) is 1. The highest BCUT2D eigenvalue weighted by molar-refractivity contribution is 6.31. The van der Waals surface area contributed by atoms with Crippen LogP contribution in [0.25, 0.3) is 23.1 Å². The van der Waals surface area contributed by atoms with Crippen LogP contribution in [0.4, 0.5) is 0 Å². The maximum absolute atomic E-state index is 12.0. The third kappa shape index (κ3) is 4.20. The second-order valence-corrected chi connectivity index (χ2v) is 6.58. The monoisotopic (exact) mass is 408 g/mol. The molecule has 0 bridgehead atoms. The van der Waals surface area contributed by atoms with Crippen molar-refractivity contribution in [3.8, 4) is 11.4 Å². The topological polar surface area (TPSA) is 82.5 Å². The lowest BCUT2D eigenvalue weighted by atomic mass is 10.1. The van der Waals surface area contributed by atoms with E-state index >= 15 is 0 Å². The van der Waals surface area contributed by atoms with Crippen molar-refractivity contribution in [1.29, 1.82) is 0 Å². The average molecular weight is 409 g/mol. The smallest absolute Gasteiger partial charge is 0.331 e. The number of pyridine rings is 1. The van der Waals surface area contributed by atoms with Gasteiger partial charge in [0.1, 0.15) is 5.65 Å². The van der Waals surface area contributed by atoms with Crippen molar-refractivity contribution >= 4 is 29.3 Å². The predicted octanol–water partition coefficient (Wildman–Crippen LogP) is 4.36. The second-order valence-electron chi connectivity index (χ2n) is 6.22. The number of rotatable bonds is 6. The van der Waals surface area contributed by atoms with E-state index < -0.39 is 5.97 Å². The summed E-state index contributed by atoms with van der Waals surface area (Å²) in [6.07, 6.45) is 5.61. The number of benzene rings is 1. The van der Waals surface area contributed by atoms with Gasteiger partial charge in [-0.1, -0.05) is 54.0 Å². The molecule has 4 aromatic rings. The molecule has 29 heavy (non-hydrogen) atoms. The molecule has 0 spiro atoms. The highest BCUT2D eigenvalue weighted by Gasteiger charge is 2.11. The summed E-state index contributed by atoms with van der Waals surface area (Å²) in [6, 6.07) is 13.4. The van der Waals surface area contributed by atoms with E-state index in [0.717, 1.165) is 12.0 Å². The van der Waals surface area contributed by atoms with E-state index in [1.54, 1.807) is 10.5 Å². The van der Waals surface area contributed by atoms with Gasteiger partial charge in [-0.3, -0.25) is 4.40 Å². The van der Waals surface area contributed by atoms with E-state index in [-0.39, 0.29) is 12.5 Å². The molecule has 0 fully saturated rings. The fourth-order valence-electron chi connectivity index (χ4n) is 2.78. The van der Waals surface area contributed by atoms with Crippen LogP contribution in [-0.4, -0.2) is 25.5 Å². The van der Waals surface area contributed by atoms with Gasteiger partial charge in [0.05, 0.1) is 5.69 Å². The molecular weight excluding hydrogens is 392 g/mol. The number of aryl methyl sites for hydroxylation is 1. The van der Waals surface area contributed by atoms with Gasteiger partial charge in [0.15, 0.2) is 11.8 Å². The van der Waals surface area contributed by atoms with Gasteiger partial charge in [0.25, 0.3) is 5.89 Å². The minimum absolute atomic E-state index is 0.121. The lowest BCUT2D eigenvalue weighted by Gasteiger charge is -1.98. The average Bonchev–Trinajstić information content (AvgIpc) is 3.34. The van der Waals surface area contributed by atoms with E-state index in [1.165, 1.54) is 11.6 Å². The number of carbonyl (C=O) groups excluding carboxylic acids is 1.